The molecule has 3 nitrogen and oxygen atoms in total. The molecule has 0 N–H and O–H groups in total. The summed E-state index contributed by atoms with van der Waals surface area (Å²) in [6.45, 7) is 1.20. The number of hydrogen-bond acceptors (Lipinski definition) is 2. The van der Waals surface area contributed by atoms with Crippen LogP contribution < -0.4 is 0 Å². The molecule has 1 aliphatic heterocycles. The monoisotopic (exact) mass is 173 g/mol. The summed E-state index contributed by atoms with van der Waals surface area (Å²) in [5.41, 5.74) is 0. The van der Waals surface area contributed by atoms with Crippen molar-refractivity contribution < 1.29 is 8.42 Å². The van der Waals surface area contributed by atoms with E-state index in [0.29, 0.717) is 25.4 Å². The van der Waals surface area contributed by atoms with E-state index >= 15 is 0 Å². The van der Waals surface area contributed by atoms with Crippen molar-refractivity contribution in [2.75, 3.05) is 19.3 Å². The Bertz CT molecular complexity index is 269. The number of nitrogens with zero attached hydrogens (tertiary/aromatic N) is 1. The summed E-state index contributed by atoms with van der Waals surface area (Å²) in [5.74, 6) is 2.90. The first-order valence-electron chi connectivity index (χ1n) is 3.42. The van der Waals surface area contributed by atoms with Crippen LogP contribution in [0.4, 0.5) is 0 Å². The van der Waals surface area contributed by atoms with Crippen LogP contribution in [0.15, 0.2) is 0 Å². The van der Waals surface area contributed by atoms with Crippen molar-refractivity contribution >= 4 is 10.0 Å². The maximum absolute atomic E-state index is 10.8. The molecule has 4 heteroatoms. The average Bonchev–Trinajstić information content (AvgIpc) is 1.74. The zero-order chi connectivity index (χ0) is 8.48. The van der Waals surface area contributed by atoms with E-state index in [1.807, 2.05) is 0 Å². The van der Waals surface area contributed by atoms with E-state index in [4.69, 9.17) is 6.42 Å². The van der Waals surface area contributed by atoms with E-state index in [1.54, 1.807) is 0 Å². The number of hydrogen-bond donors (Lipinski definition) is 0. The lowest BCUT2D eigenvalue weighted by Gasteiger charge is -2.36. The second-order valence-electron chi connectivity index (χ2n) is 2.85. The fraction of sp³-hybridized carbons (Fsp3) is 0.714. The molecule has 0 radical (unpaired) electrons. The first kappa shape index (κ1) is 8.57. The summed E-state index contributed by atoms with van der Waals surface area (Å²) in [4.78, 5) is 0. The van der Waals surface area contributed by atoms with Crippen LogP contribution in [0.3, 0.4) is 0 Å². The lowest BCUT2D eigenvalue weighted by Crippen LogP contribution is -2.49. The molecule has 0 atom stereocenters. The Morgan fingerprint density at radius 1 is 1.64 bits per heavy atom. The van der Waals surface area contributed by atoms with E-state index in [1.165, 1.54) is 10.6 Å². The molecule has 1 rings (SSSR count). The zero-order valence-corrected chi connectivity index (χ0v) is 7.26. The minimum absolute atomic E-state index is 0.384. The molecule has 0 aromatic rings. The lowest BCUT2D eigenvalue weighted by molar-refractivity contribution is 0.206. The SMILES string of the molecule is C#CCC1CN(S(C)(=O)=O)C1. The molecule has 0 unspecified atom stereocenters. The van der Waals surface area contributed by atoms with Gasteiger partial charge in [-0.05, 0) is 5.92 Å². The van der Waals surface area contributed by atoms with Crippen LogP contribution in [0.1, 0.15) is 6.42 Å². The Hall–Kier alpha value is -0.530. The largest absolute Gasteiger partial charge is 0.213 e. The highest BCUT2D eigenvalue weighted by molar-refractivity contribution is 7.88. The second kappa shape index (κ2) is 2.84. The smallest absolute Gasteiger partial charge is 0.211 e. The highest BCUT2D eigenvalue weighted by Crippen LogP contribution is 2.20. The third kappa shape index (κ3) is 1.95. The lowest BCUT2D eigenvalue weighted by atomic mass is 10.0. The summed E-state index contributed by atoms with van der Waals surface area (Å²) in [7, 11) is -2.95. The van der Waals surface area contributed by atoms with Crippen LogP contribution in [0, 0.1) is 18.3 Å². The summed E-state index contributed by atoms with van der Waals surface area (Å²) < 4.78 is 23.1. The molecule has 1 saturated heterocycles. The average molecular weight is 173 g/mol. The van der Waals surface area contributed by atoms with Crippen molar-refractivity contribution in [1.82, 2.24) is 4.31 Å². The molecule has 62 valence electrons. The van der Waals surface area contributed by atoms with Crippen LogP contribution >= 0.6 is 0 Å². The van der Waals surface area contributed by atoms with Crippen LogP contribution in [0.2, 0.25) is 0 Å². The quantitative estimate of drug-likeness (QED) is 0.547. The highest BCUT2D eigenvalue weighted by atomic mass is 32.2. The molecule has 0 spiro atoms. The van der Waals surface area contributed by atoms with Gasteiger partial charge in [0.1, 0.15) is 0 Å². The van der Waals surface area contributed by atoms with E-state index in [9.17, 15) is 8.42 Å². The molecular weight excluding hydrogens is 162 g/mol. The number of rotatable bonds is 2. The van der Waals surface area contributed by atoms with Gasteiger partial charge in [-0.25, -0.2) is 12.7 Å². The predicted molar refractivity (Wildman–Crippen MR) is 43.4 cm³/mol. The summed E-state index contributed by atoms with van der Waals surface area (Å²) in [5, 5.41) is 0. The maximum atomic E-state index is 10.8. The molecule has 0 aliphatic carbocycles. The third-order valence-corrected chi connectivity index (χ3v) is 3.04. The van der Waals surface area contributed by atoms with Gasteiger partial charge in [0.15, 0.2) is 0 Å². The maximum Gasteiger partial charge on any atom is 0.211 e. The van der Waals surface area contributed by atoms with Gasteiger partial charge in [0.05, 0.1) is 6.26 Å². The van der Waals surface area contributed by atoms with E-state index in [2.05, 4.69) is 5.92 Å². The molecule has 1 heterocycles. The van der Waals surface area contributed by atoms with Gasteiger partial charge in [-0.3, -0.25) is 0 Å². The summed E-state index contributed by atoms with van der Waals surface area (Å²) in [6.07, 6.45) is 6.98. The van der Waals surface area contributed by atoms with Crippen LogP contribution in [0.5, 0.6) is 0 Å². The van der Waals surface area contributed by atoms with Crippen molar-refractivity contribution in [3.05, 3.63) is 0 Å². The molecule has 0 amide bonds. The van der Waals surface area contributed by atoms with E-state index < -0.39 is 10.0 Å². The van der Waals surface area contributed by atoms with Gasteiger partial charge in [-0.15, -0.1) is 12.3 Å². The Morgan fingerprint density at radius 2 is 2.18 bits per heavy atom. The van der Waals surface area contributed by atoms with Crippen molar-refractivity contribution in [1.29, 1.82) is 0 Å². The Balaban J connectivity index is 2.37. The predicted octanol–water partition coefficient (Wildman–Crippen LogP) is -0.0989. The fourth-order valence-electron chi connectivity index (χ4n) is 1.09. The zero-order valence-electron chi connectivity index (χ0n) is 6.45. The Morgan fingerprint density at radius 3 is 2.55 bits per heavy atom. The van der Waals surface area contributed by atoms with Gasteiger partial charge in [-0.2, -0.15) is 0 Å². The first-order valence-corrected chi connectivity index (χ1v) is 5.27. The first-order chi connectivity index (χ1) is 5.04. The summed E-state index contributed by atoms with van der Waals surface area (Å²) in [6, 6.07) is 0. The third-order valence-electron chi connectivity index (χ3n) is 1.80. The van der Waals surface area contributed by atoms with Crippen molar-refractivity contribution in [2.45, 2.75) is 6.42 Å². The summed E-state index contributed by atoms with van der Waals surface area (Å²) >= 11 is 0. The number of terminal acetylenes is 1. The van der Waals surface area contributed by atoms with E-state index in [0.717, 1.165) is 0 Å². The minimum Gasteiger partial charge on any atom is -0.213 e. The van der Waals surface area contributed by atoms with E-state index in [-0.39, 0.29) is 0 Å². The van der Waals surface area contributed by atoms with Crippen molar-refractivity contribution in [3.63, 3.8) is 0 Å². The Kier molecular flexibility index (Phi) is 2.21. The fourth-order valence-corrected chi connectivity index (χ4v) is 2.05. The topological polar surface area (TPSA) is 37.4 Å². The Labute approximate surface area is 67.4 Å². The van der Waals surface area contributed by atoms with Crippen molar-refractivity contribution in [3.8, 4) is 12.3 Å². The molecule has 0 aromatic carbocycles. The molecule has 1 aliphatic rings. The van der Waals surface area contributed by atoms with Crippen molar-refractivity contribution in [2.24, 2.45) is 5.92 Å². The second-order valence-corrected chi connectivity index (χ2v) is 4.84. The minimum atomic E-state index is -2.95. The van der Waals surface area contributed by atoms with Gasteiger partial charge in [0.2, 0.25) is 10.0 Å². The molecule has 0 aromatic heterocycles. The van der Waals surface area contributed by atoms with Crippen LogP contribution in [-0.4, -0.2) is 32.1 Å². The van der Waals surface area contributed by atoms with Gasteiger partial charge in [0, 0.05) is 19.5 Å². The molecule has 1 fully saturated rings. The molecular formula is C7H11NO2S. The normalized spacial score (nSPS) is 20.7. The van der Waals surface area contributed by atoms with Crippen LogP contribution in [0.25, 0.3) is 0 Å². The highest BCUT2D eigenvalue weighted by Gasteiger charge is 2.31. The van der Waals surface area contributed by atoms with Gasteiger partial charge >= 0.3 is 0 Å². The van der Waals surface area contributed by atoms with Gasteiger partial charge in [-0.1, -0.05) is 0 Å². The van der Waals surface area contributed by atoms with Gasteiger partial charge in [0.25, 0.3) is 0 Å². The van der Waals surface area contributed by atoms with Gasteiger partial charge < -0.3 is 0 Å². The molecule has 0 bridgehead atoms. The molecule has 0 saturated carbocycles. The number of sulfonamides is 1. The molecule has 11 heavy (non-hydrogen) atoms. The standard InChI is InChI=1S/C7H11NO2S/c1-3-4-7-5-8(6-7)11(2,9)10/h1,7H,4-6H2,2H3. The van der Waals surface area contributed by atoms with Crippen LogP contribution in [-0.2, 0) is 10.0 Å².